The van der Waals surface area contributed by atoms with Gasteiger partial charge in [-0.15, -0.1) is 0 Å². The second kappa shape index (κ2) is 8.49. The molecule has 140 valence electrons. The van der Waals surface area contributed by atoms with Gasteiger partial charge in [0, 0.05) is 37.0 Å². The fourth-order valence-corrected chi connectivity index (χ4v) is 3.14. The van der Waals surface area contributed by atoms with Crippen LogP contribution in [-0.2, 0) is 4.79 Å². The van der Waals surface area contributed by atoms with Crippen molar-refractivity contribution in [2.24, 2.45) is 5.10 Å². The van der Waals surface area contributed by atoms with Crippen LogP contribution >= 0.6 is 0 Å². The van der Waals surface area contributed by atoms with Crippen LogP contribution in [0.4, 0.5) is 11.4 Å². The van der Waals surface area contributed by atoms with E-state index in [1.54, 1.807) is 30.5 Å². The van der Waals surface area contributed by atoms with Gasteiger partial charge in [0.15, 0.2) is 0 Å². The van der Waals surface area contributed by atoms with Crippen LogP contribution < -0.4 is 15.6 Å². The summed E-state index contributed by atoms with van der Waals surface area (Å²) in [5, 5.41) is 6.73. The molecule has 2 aromatic rings. The van der Waals surface area contributed by atoms with Crippen molar-refractivity contribution in [2.45, 2.75) is 26.7 Å². The first kappa shape index (κ1) is 18.6. The van der Waals surface area contributed by atoms with Crippen molar-refractivity contribution in [1.82, 2.24) is 5.43 Å². The van der Waals surface area contributed by atoms with Crippen molar-refractivity contribution < 1.29 is 9.59 Å². The highest BCUT2D eigenvalue weighted by Crippen LogP contribution is 2.22. The third kappa shape index (κ3) is 4.94. The summed E-state index contributed by atoms with van der Waals surface area (Å²) in [6.45, 7) is 5.69. The molecule has 6 heteroatoms. The Bertz CT molecular complexity index is 870. The van der Waals surface area contributed by atoms with Crippen molar-refractivity contribution >= 4 is 29.4 Å². The molecule has 0 aromatic heterocycles. The third-order valence-corrected chi connectivity index (χ3v) is 4.54. The molecule has 0 bridgehead atoms. The fourth-order valence-electron chi connectivity index (χ4n) is 3.14. The Morgan fingerprint density at radius 1 is 1.11 bits per heavy atom. The van der Waals surface area contributed by atoms with Gasteiger partial charge < -0.3 is 10.2 Å². The summed E-state index contributed by atoms with van der Waals surface area (Å²) in [5.74, 6) is -0.511. The first-order valence-electron chi connectivity index (χ1n) is 9.09. The lowest BCUT2D eigenvalue weighted by Gasteiger charge is -2.18. The van der Waals surface area contributed by atoms with Gasteiger partial charge in [0.2, 0.25) is 5.91 Å². The second-order valence-electron chi connectivity index (χ2n) is 6.70. The number of hydrazone groups is 1. The largest absolute Gasteiger partial charge is 0.372 e. The minimum absolute atomic E-state index is 0.182. The fraction of sp³-hybridized carbons (Fsp3) is 0.286. The molecule has 0 atom stereocenters. The maximum atomic E-state index is 12.2. The Balaban J connectivity index is 1.63. The number of nitrogens with one attached hydrogen (secondary N) is 2. The van der Waals surface area contributed by atoms with Gasteiger partial charge in [-0.25, -0.2) is 5.43 Å². The van der Waals surface area contributed by atoms with E-state index in [-0.39, 0.29) is 11.8 Å². The molecule has 0 unspecified atom stereocenters. The van der Waals surface area contributed by atoms with Crippen LogP contribution in [0.3, 0.4) is 0 Å². The number of amides is 2. The molecule has 27 heavy (non-hydrogen) atoms. The predicted octanol–water partition coefficient (Wildman–Crippen LogP) is 3.32. The number of rotatable bonds is 5. The van der Waals surface area contributed by atoms with Gasteiger partial charge in [0.25, 0.3) is 5.91 Å². The van der Waals surface area contributed by atoms with Gasteiger partial charge in [0.05, 0.1) is 6.21 Å². The van der Waals surface area contributed by atoms with E-state index in [1.165, 1.54) is 25.5 Å². The molecule has 3 rings (SSSR count). The van der Waals surface area contributed by atoms with Crippen LogP contribution in [0, 0.1) is 6.92 Å². The number of carbonyl (C=O) groups excluding carboxylic acids is 2. The first-order valence-corrected chi connectivity index (χ1v) is 9.09. The Labute approximate surface area is 159 Å². The number of benzene rings is 2. The maximum Gasteiger partial charge on any atom is 0.271 e. The molecule has 2 amide bonds. The zero-order chi connectivity index (χ0) is 19.2. The van der Waals surface area contributed by atoms with E-state index in [9.17, 15) is 9.59 Å². The molecule has 2 N–H and O–H groups in total. The van der Waals surface area contributed by atoms with Gasteiger partial charge in [-0.2, -0.15) is 5.10 Å². The summed E-state index contributed by atoms with van der Waals surface area (Å²) in [7, 11) is 0. The lowest BCUT2D eigenvalue weighted by atomic mass is 10.1. The summed E-state index contributed by atoms with van der Waals surface area (Å²) in [6, 6.07) is 13.0. The molecular weight excluding hydrogens is 340 g/mol. The van der Waals surface area contributed by atoms with Gasteiger partial charge in [0.1, 0.15) is 0 Å². The van der Waals surface area contributed by atoms with E-state index < -0.39 is 0 Å². The van der Waals surface area contributed by atoms with Gasteiger partial charge >= 0.3 is 0 Å². The molecule has 1 aliphatic rings. The molecule has 0 saturated carbocycles. The number of carbonyl (C=O) groups is 2. The summed E-state index contributed by atoms with van der Waals surface area (Å²) in [4.78, 5) is 25.8. The van der Waals surface area contributed by atoms with Gasteiger partial charge in [-0.1, -0.05) is 12.1 Å². The maximum absolute atomic E-state index is 12.2. The molecule has 2 aromatic carbocycles. The summed E-state index contributed by atoms with van der Waals surface area (Å²) >= 11 is 0. The number of aryl methyl sites for hydroxylation is 1. The average molecular weight is 364 g/mol. The minimum atomic E-state index is -0.329. The number of hydrogen-bond acceptors (Lipinski definition) is 4. The Kier molecular flexibility index (Phi) is 5.86. The third-order valence-electron chi connectivity index (χ3n) is 4.54. The van der Waals surface area contributed by atoms with Crippen LogP contribution in [0.2, 0.25) is 0 Å². The highest BCUT2D eigenvalue weighted by Gasteiger charge is 2.12. The van der Waals surface area contributed by atoms with E-state index >= 15 is 0 Å². The Hall–Kier alpha value is -3.15. The second-order valence-corrected chi connectivity index (χ2v) is 6.70. The van der Waals surface area contributed by atoms with Gasteiger partial charge in [-0.3, -0.25) is 9.59 Å². The molecule has 0 aliphatic carbocycles. The quantitative estimate of drug-likeness (QED) is 0.631. The van der Waals surface area contributed by atoms with Gasteiger partial charge in [-0.05, 0) is 61.2 Å². The lowest BCUT2D eigenvalue weighted by molar-refractivity contribution is -0.114. The van der Waals surface area contributed by atoms with Crippen molar-refractivity contribution in [1.29, 1.82) is 0 Å². The standard InChI is InChI=1S/C21H24N4O2/c1-15-12-20(25-10-3-4-11-25)9-8-18(15)14-22-24-21(27)17-6-5-7-19(13-17)23-16(2)26/h5-9,12-14H,3-4,10-11H2,1-2H3,(H,23,26)(H,24,27). The highest BCUT2D eigenvalue weighted by molar-refractivity contribution is 5.97. The van der Waals surface area contributed by atoms with Crippen molar-refractivity contribution in [2.75, 3.05) is 23.3 Å². The van der Waals surface area contributed by atoms with Crippen LogP contribution in [0.5, 0.6) is 0 Å². The molecule has 1 fully saturated rings. The van der Waals surface area contributed by atoms with E-state index in [0.717, 1.165) is 24.2 Å². The van der Waals surface area contributed by atoms with Crippen molar-refractivity contribution in [3.63, 3.8) is 0 Å². The number of nitrogens with zero attached hydrogens (tertiary/aromatic N) is 2. The normalized spacial score (nSPS) is 13.8. The molecule has 1 heterocycles. The molecule has 1 aliphatic heterocycles. The van der Waals surface area contributed by atoms with E-state index in [1.807, 2.05) is 13.0 Å². The number of hydrogen-bond donors (Lipinski definition) is 2. The average Bonchev–Trinajstić information content (AvgIpc) is 3.17. The van der Waals surface area contributed by atoms with Crippen LogP contribution in [0.1, 0.15) is 41.3 Å². The van der Waals surface area contributed by atoms with E-state index in [4.69, 9.17) is 0 Å². The molecule has 1 saturated heterocycles. The lowest BCUT2D eigenvalue weighted by Crippen LogP contribution is -2.18. The molecule has 6 nitrogen and oxygen atoms in total. The Morgan fingerprint density at radius 2 is 1.89 bits per heavy atom. The van der Waals surface area contributed by atoms with Crippen LogP contribution in [0.25, 0.3) is 0 Å². The highest BCUT2D eigenvalue weighted by atomic mass is 16.2. The zero-order valence-electron chi connectivity index (χ0n) is 15.7. The summed E-state index contributed by atoms with van der Waals surface area (Å²) < 4.78 is 0. The Morgan fingerprint density at radius 3 is 2.59 bits per heavy atom. The zero-order valence-corrected chi connectivity index (χ0v) is 15.7. The monoisotopic (exact) mass is 364 g/mol. The number of anilines is 2. The van der Waals surface area contributed by atoms with Crippen molar-refractivity contribution in [3.8, 4) is 0 Å². The summed E-state index contributed by atoms with van der Waals surface area (Å²) in [6.07, 6.45) is 4.15. The summed E-state index contributed by atoms with van der Waals surface area (Å²) in [5.41, 5.74) is 6.85. The molecular formula is C21H24N4O2. The van der Waals surface area contributed by atoms with Crippen LogP contribution in [-0.4, -0.2) is 31.1 Å². The smallest absolute Gasteiger partial charge is 0.271 e. The topological polar surface area (TPSA) is 73.8 Å². The van der Waals surface area contributed by atoms with E-state index in [0.29, 0.717) is 11.3 Å². The predicted molar refractivity (Wildman–Crippen MR) is 108 cm³/mol. The SMILES string of the molecule is CC(=O)Nc1cccc(C(=O)NN=Cc2ccc(N3CCCC3)cc2C)c1. The van der Waals surface area contributed by atoms with E-state index in [2.05, 4.69) is 32.9 Å². The van der Waals surface area contributed by atoms with Crippen molar-refractivity contribution in [3.05, 3.63) is 59.2 Å². The first-order chi connectivity index (χ1) is 13.0. The van der Waals surface area contributed by atoms with Crippen LogP contribution in [0.15, 0.2) is 47.6 Å². The molecule has 0 radical (unpaired) electrons. The molecule has 0 spiro atoms. The minimum Gasteiger partial charge on any atom is -0.372 e.